The van der Waals surface area contributed by atoms with Gasteiger partial charge in [-0.1, -0.05) is 11.8 Å². The van der Waals surface area contributed by atoms with Crippen molar-refractivity contribution >= 4 is 18.1 Å². The number of nitrogens with one attached hydrogen (secondary N) is 2. The quantitative estimate of drug-likeness (QED) is 0.702. The highest BCUT2D eigenvalue weighted by atomic mass is 32.4. The molecule has 0 aliphatic carbocycles. The van der Waals surface area contributed by atoms with Crippen LogP contribution in [0, 0.1) is 0 Å². The Kier molecular flexibility index (Phi) is 4.15. The van der Waals surface area contributed by atoms with Gasteiger partial charge in [-0.05, 0) is 48.2 Å². The Morgan fingerprint density at radius 3 is 1.23 bits per heavy atom. The fraction of sp³-hybridized carbons (Fsp3) is 1.00. The van der Waals surface area contributed by atoms with E-state index in [2.05, 4.69) is 58.4 Å². The van der Waals surface area contributed by atoms with E-state index < -0.39 is 6.34 Å². The van der Waals surface area contributed by atoms with Crippen molar-refractivity contribution in [3.63, 3.8) is 0 Å². The van der Waals surface area contributed by atoms with E-state index >= 15 is 0 Å². The van der Waals surface area contributed by atoms with E-state index in [4.69, 9.17) is 11.8 Å². The van der Waals surface area contributed by atoms with Gasteiger partial charge in [0.1, 0.15) is 0 Å². The second kappa shape index (κ2) is 3.98. The molecule has 0 atom stereocenters. The molecule has 2 nitrogen and oxygen atoms in total. The van der Waals surface area contributed by atoms with Crippen LogP contribution in [0.1, 0.15) is 41.5 Å². The molecule has 0 rings (SSSR count). The van der Waals surface area contributed by atoms with Crippen LogP contribution in [-0.4, -0.2) is 17.7 Å². The molecule has 80 valence electrons. The third-order valence-electron chi connectivity index (χ3n) is 1.10. The van der Waals surface area contributed by atoms with Crippen LogP contribution in [0.15, 0.2) is 0 Å². The minimum Gasteiger partial charge on any atom is -0.273 e. The molecule has 0 amide bonds. The van der Waals surface area contributed by atoms with E-state index in [0.29, 0.717) is 0 Å². The average molecular weight is 222 g/mol. The molecule has 0 unspecified atom stereocenters. The molecule has 0 aromatic rings. The molecule has 0 spiro atoms. The Hall–Kier alpha value is 0.570. The molecule has 0 aromatic carbocycles. The zero-order chi connectivity index (χ0) is 10.9. The minimum atomic E-state index is -1.60. The Morgan fingerprint density at radius 1 is 0.846 bits per heavy atom. The molecule has 2 N–H and O–H groups in total. The molecule has 0 bridgehead atoms. The molecule has 0 aliphatic rings. The largest absolute Gasteiger partial charge is 0.273 e. The van der Waals surface area contributed by atoms with Crippen molar-refractivity contribution in [1.82, 2.24) is 10.2 Å². The van der Waals surface area contributed by atoms with Gasteiger partial charge in [-0.15, -0.1) is 0 Å². The Balaban J connectivity index is 4.35. The Labute approximate surface area is 88.0 Å². The van der Waals surface area contributed by atoms with Crippen LogP contribution in [0.3, 0.4) is 0 Å². The number of hydrogen-bond donors (Lipinski definition) is 2. The molecular formula is C9H23N2PS. The molecule has 0 aliphatic heterocycles. The van der Waals surface area contributed by atoms with E-state index in [0.717, 1.165) is 0 Å². The van der Waals surface area contributed by atoms with E-state index in [1.54, 1.807) is 0 Å². The van der Waals surface area contributed by atoms with Crippen molar-refractivity contribution in [2.75, 3.05) is 6.66 Å². The van der Waals surface area contributed by atoms with Gasteiger partial charge in [0, 0.05) is 11.1 Å². The number of hydrogen-bond acceptors (Lipinski definition) is 1. The van der Waals surface area contributed by atoms with Crippen LogP contribution in [-0.2, 0) is 11.8 Å². The summed E-state index contributed by atoms with van der Waals surface area (Å²) in [5.74, 6) is 0. The van der Waals surface area contributed by atoms with Crippen molar-refractivity contribution in [3.8, 4) is 0 Å². The second-order valence-electron chi connectivity index (χ2n) is 5.65. The van der Waals surface area contributed by atoms with Gasteiger partial charge < -0.3 is 0 Å². The van der Waals surface area contributed by atoms with Crippen LogP contribution in [0.4, 0.5) is 0 Å². The summed E-state index contributed by atoms with van der Waals surface area (Å²) in [5.41, 5.74) is 0.172. The summed E-state index contributed by atoms with van der Waals surface area (Å²) in [5, 5.41) is 6.93. The summed E-state index contributed by atoms with van der Waals surface area (Å²) in [6.45, 7) is 14.9. The van der Waals surface area contributed by atoms with Crippen LogP contribution in [0.2, 0.25) is 0 Å². The predicted octanol–water partition coefficient (Wildman–Crippen LogP) is 2.70. The van der Waals surface area contributed by atoms with E-state index in [-0.39, 0.29) is 11.1 Å². The minimum absolute atomic E-state index is 0.0858. The topological polar surface area (TPSA) is 24.1 Å². The molecule has 0 saturated carbocycles. The molecule has 0 fully saturated rings. The highest BCUT2D eigenvalue weighted by Gasteiger charge is 2.23. The van der Waals surface area contributed by atoms with Crippen molar-refractivity contribution in [2.24, 2.45) is 0 Å². The number of rotatable bonds is 2. The van der Waals surface area contributed by atoms with Gasteiger partial charge in [0.15, 0.2) is 0 Å². The Morgan fingerprint density at radius 2 is 1.08 bits per heavy atom. The fourth-order valence-corrected chi connectivity index (χ4v) is 5.57. The molecular weight excluding hydrogens is 199 g/mol. The van der Waals surface area contributed by atoms with Gasteiger partial charge in [-0.25, -0.2) is 0 Å². The maximum absolute atomic E-state index is 5.53. The van der Waals surface area contributed by atoms with E-state index in [9.17, 15) is 0 Å². The zero-order valence-corrected chi connectivity index (χ0v) is 11.6. The lowest BCUT2D eigenvalue weighted by Crippen LogP contribution is -2.42. The first-order valence-electron chi connectivity index (χ1n) is 4.58. The van der Waals surface area contributed by atoms with Gasteiger partial charge in [0.25, 0.3) is 0 Å². The summed E-state index contributed by atoms with van der Waals surface area (Å²) in [6.07, 6.45) is -1.60. The molecule has 0 saturated heterocycles. The smallest absolute Gasteiger partial charge is 0.0702 e. The molecule has 0 aromatic heterocycles. The maximum Gasteiger partial charge on any atom is 0.0702 e. The van der Waals surface area contributed by atoms with Crippen molar-refractivity contribution < 1.29 is 0 Å². The van der Waals surface area contributed by atoms with Gasteiger partial charge in [-0.3, -0.25) is 10.2 Å². The lowest BCUT2D eigenvalue weighted by atomic mass is 10.1. The van der Waals surface area contributed by atoms with E-state index in [1.165, 1.54) is 0 Å². The molecule has 4 heteroatoms. The summed E-state index contributed by atoms with van der Waals surface area (Å²) >= 11 is 5.53. The van der Waals surface area contributed by atoms with Crippen LogP contribution >= 0.6 is 6.34 Å². The zero-order valence-electron chi connectivity index (χ0n) is 9.86. The van der Waals surface area contributed by atoms with Crippen LogP contribution in [0.25, 0.3) is 0 Å². The first-order chi connectivity index (χ1) is 5.41. The predicted molar refractivity (Wildman–Crippen MR) is 66.0 cm³/mol. The first kappa shape index (κ1) is 13.6. The van der Waals surface area contributed by atoms with Crippen LogP contribution in [0.5, 0.6) is 0 Å². The lowest BCUT2D eigenvalue weighted by Gasteiger charge is -2.35. The summed E-state index contributed by atoms with van der Waals surface area (Å²) in [4.78, 5) is 0. The third kappa shape index (κ3) is 8.89. The lowest BCUT2D eigenvalue weighted by molar-refractivity contribution is 0.495. The van der Waals surface area contributed by atoms with Gasteiger partial charge in [0.05, 0.1) is 6.34 Å². The average Bonchev–Trinajstić information content (AvgIpc) is 1.43. The van der Waals surface area contributed by atoms with Gasteiger partial charge in [0.2, 0.25) is 0 Å². The van der Waals surface area contributed by atoms with Gasteiger partial charge >= 0.3 is 0 Å². The second-order valence-corrected chi connectivity index (χ2v) is 10.1. The van der Waals surface area contributed by atoms with Crippen LogP contribution < -0.4 is 10.2 Å². The van der Waals surface area contributed by atoms with Gasteiger partial charge in [-0.2, -0.15) is 0 Å². The SMILES string of the molecule is CC(C)(C)NP(C)(=S)NC(C)(C)C. The molecule has 13 heavy (non-hydrogen) atoms. The summed E-state index contributed by atoms with van der Waals surface area (Å²) < 4.78 is 0. The molecule has 0 radical (unpaired) electrons. The highest BCUT2D eigenvalue weighted by Crippen LogP contribution is 2.36. The normalized spacial score (nSPS) is 14.7. The maximum atomic E-state index is 5.53. The monoisotopic (exact) mass is 222 g/mol. The van der Waals surface area contributed by atoms with Crippen molar-refractivity contribution in [3.05, 3.63) is 0 Å². The third-order valence-corrected chi connectivity index (χ3v) is 3.84. The highest BCUT2D eigenvalue weighted by molar-refractivity contribution is 8.12. The molecule has 0 heterocycles. The first-order valence-corrected chi connectivity index (χ1v) is 7.83. The van der Waals surface area contributed by atoms with E-state index in [1.807, 2.05) is 0 Å². The fourth-order valence-electron chi connectivity index (χ4n) is 1.31. The Bertz CT molecular complexity index is 193. The summed E-state index contributed by atoms with van der Waals surface area (Å²) in [7, 11) is 0. The van der Waals surface area contributed by atoms with Crippen molar-refractivity contribution in [1.29, 1.82) is 0 Å². The summed E-state index contributed by atoms with van der Waals surface area (Å²) in [6, 6.07) is 0. The standard InChI is InChI=1S/C9H23N2PS/c1-8(2,3)10-12(7,13)11-9(4,5)6/h1-7H3,(H2,10,11,13). The van der Waals surface area contributed by atoms with Crippen molar-refractivity contribution in [2.45, 2.75) is 52.6 Å².